The van der Waals surface area contributed by atoms with Crippen molar-refractivity contribution >= 4 is 11.7 Å². The second kappa shape index (κ2) is 6.75. The molecule has 0 bridgehead atoms. The molecule has 2 aliphatic heterocycles. The van der Waals surface area contributed by atoms with Gasteiger partial charge in [0.2, 0.25) is 5.91 Å². The Morgan fingerprint density at radius 2 is 2.00 bits per heavy atom. The van der Waals surface area contributed by atoms with Gasteiger partial charge in [-0.25, -0.2) is 4.98 Å². The van der Waals surface area contributed by atoms with Gasteiger partial charge in [0.1, 0.15) is 11.9 Å². The van der Waals surface area contributed by atoms with Crippen LogP contribution in [0.3, 0.4) is 0 Å². The first-order chi connectivity index (χ1) is 12.7. The first-order valence-electron chi connectivity index (χ1n) is 9.00. The third-order valence-corrected chi connectivity index (χ3v) is 5.50. The molecule has 0 N–H and O–H groups in total. The fourth-order valence-corrected chi connectivity index (χ4v) is 4.10. The minimum atomic E-state index is -0.305. The van der Waals surface area contributed by atoms with Gasteiger partial charge in [-0.05, 0) is 49.1 Å². The maximum absolute atomic E-state index is 13.2. The Labute approximate surface area is 153 Å². The normalized spacial score (nSPS) is 22.7. The number of hydrogen-bond acceptors (Lipinski definition) is 5. The zero-order valence-corrected chi connectivity index (χ0v) is 14.6. The molecule has 1 unspecified atom stereocenters. The van der Waals surface area contributed by atoms with Crippen molar-refractivity contribution < 1.29 is 4.79 Å². The summed E-state index contributed by atoms with van der Waals surface area (Å²) in [5.74, 6) is 1.11. The van der Waals surface area contributed by atoms with Crippen molar-refractivity contribution in [2.75, 3.05) is 24.5 Å². The minimum Gasteiger partial charge on any atom is -0.356 e. The van der Waals surface area contributed by atoms with Crippen molar-refractivity contribution in [1.82, 2.24) is 14.9 Å². The van der Waals surface area contributed by atoms with Crippen LogP contribution in [0.2, 0.25) is 0 Å². The zero-order chi connectivity index (χ0) is 18.0. The highest BCUT2D eigenvalue weighted by atomic mass is 16.2. The second-order valence-corrected chi connectivity index (χ2v) is 7.15. The van der Waals surface area contributed by atoms with E-state index in [1.165, 1.54) is 0 Å². The van der Waals surface area contributed by atoms with Crippen molar-refractivity contribution in [2.45, 2.75) is 25.8 Å². The summed E-state index contributed by atoms with van der Waals surface area (Å²) >= 11 is 0. The van der Waals surface area contributed by atoms with Gasteiger partial charge in [-0.1, -0.05) is 0 Å². The van der Waals surface area contributed by atoms with E-state index in [-0.39, 0.29) is 11.3 Å². The maximum Gasteiger partial charge on any atom is 0.230 e. The predicted octanol–water partition coefficient (Wildman–Crippen LogP) is 2.37. The van der Waals surface area contributed by atoms with Gasteiger partial charge in [0.25, 0.3) is 0 Å². The summed E-state index contributed by atoms with van der Waals surface area (Å²) in [6.07, 6.45) is 7.95. The van der Waals surface area contributed by atoms with E-state index >= 15 is 0 Å². The molecule has 1 amide bonds. The summed E-state index contributed by atoms with van der Waals surface area (Å²) in [4.78, 5) is 25.8. The predicted molar refractivity (Wildman–Crippen MR) is 97.1 cm³/mol. The molecule has 1 spiro atoms. The Morgan fingerprint density at radius 3 is 2.73 bits per heavy atom. The number of nitrogens with zero attached hydrogens (tertiary/aromatic N) is 5. The number of likely N-dealkylation sites (tertiary alicyclic amines) is 1. The quantitative estimate of drug-likeness (QED) is 0.852. The van der Waals surface area contributed by atoms with Crippen molar-refractivity contribution in [3.05, 3.63) is 54.0 Å². The third kappa shape index (κ3) is 3.01. The highest BCUT2D eigenvalue weighted by molar-refractivity contribution is 5.85. The second-order valence-electron chi connectivity index (χ2n) is 7.15. The van der Waals surface area contributed by atoms with Crippen LogP contribution in [0.25, 0.3) is 0 Å². The molecule has 0 aliphatic carbocycles. The van der Waals surface area contributed by atoms with Crippen LogP contribution in [0.15, 0.2) is 42.9 Å². The standard InChI is InChI=1S/C20H21N5O/c21-12-17-2-3-18(23-13-17)25-10-1-6-20(15-25)7-11-24(19(20)26)14-16-4-8-22-9-5-16/h2-5,8-9,13H,1,6-7,10-11,14-15H2. The van der Waals surface area contributed by atoms with E-state index in [9.17, 15) is 4.79 Å². The smallest absolute Gasteiger partial charge is 0.230 e. The van der Waals surface area contributed by atoms with Crippen LogP contribution in [0.5, 0.6) is 0 Å². The Hall–Kier alpha value is -2.94. The molecule has 2 fully saturated rings. The SMILES string of the molecule is N#Cc1ccc(N2CCCC3(CCN(Cc4ccncc4)C3=O)C2)nc1. The number of rotatable bonds is 3. The summed E-state index contributed by atoms with van der Waals surface area (Å²) in [5, 5.41) is 8.93. The Balaban J connectivity index is 1.49. The van der Waals surface area contributed by atoms with E-state index in [0.29, 0.717) is 18.7 Å². The summed E-state index contributed by atoms with van der Waals surface area (Å²) < 4.78 is 0. The van der Waals surface area contributed by atoms with E-state index in [4.69, 9.17) is 5.26 Å². The molecule has 0 radical (unpaired) electrons. The Bertz CT molecular complexity index is 830. The fraction of sp³-hybridized carbons (Fsp3) is 0.400. The number of piperidine rings is 1. The molecular weight excluding hydrogens is 326 g/mol. The van der Waals surface area contributed by atoms with E-state index in [0.717, 1.165) is 43.7 Å². The lowest BCUT2D eigenvalue weighted by Gasteiger charge is -2.39. The van der Waals surface area contributed by atoms with Crippen molar-refractivity contribution in [1.29, 1.82) is 5.26 Å². The van der Waals surface area contributed by atoms with Crippen molar-refractivity contribution in [3.8, 4) is 6.07 Å². The van der Waals surface area contributed by atoms with Gasteiger partial charge in [0.05, 0.1) is 11.0 Å². The first-order valence-corrected chi connectivity index (χ1v) is 9.00. The monoisotopic (exact) mass is 347 g/mol. The summed E-state index contributed by atoms with van der Waals surface area (Å²) in [7, 11) is 0. The molecule has 6 heteroatoms. The molecule has 6 nitrogen and oxygen atoms in total. The molecule has 26 heavy (non-hydrogen) atoms. The first kappa shape index (κ1) is 16.5. The van der Waals surface area contributed by atoms with E-state index in [2.05, 4.69) is 20.9 Å². The molecule has 1 atom stereocenters. The van der Waals surface area contributed by atoms with Crippen LogP contribution in [0, 0.1) is 16.7 Å². The summed E-state index contributed by atoms with van der Waals surface area (Å²) in [5.41, 5.74) is 1.37. The lowest BCUT2D eigenvalue weighted by atomic mass is 9.78. The van der Waals surface area contributed by atoms with E-state index in [1.54, 1.807) is 24.7 Å². The highest BCUT2D eigenvalue weighted by Gasteiger charge is 2.48. The van der Waals surface area contributed by atoms with Gasteiger partial charge < -0.3 is 9.80 Å². The highest BCUT2D eigenvalue weighted by Crippen LogP contribution is 2.41. The van der Waals surface area contributed by atoms with Gasteiger partial charge in [0, 0.05) is 44.8 Å². The van der Waals surface area contributed by atoms with Gasteiger partial charge in [-0.3, -0.25) is 9.78 Å². The molecule has 132 valence electrons. The Kier molecular flexibility index (Phi) is 4.29. The largest absolute Gasteiger partial charge is 0.356 e. The number of anilines is 1. The number of pyridine rings is 2. The topological polar surface area (TPSA) is 73.1 Å². The van der Waals surface area contributed by atoms with Crippen LogP contribution < -0.4 is 4.90 Å². The van der Waals surface area contributed by atoms with Crippen LogP contribution in [0.1, 0.15) is 30.4 Å². The van der Waals surface area contributed by atoms with Crippen molar-refractivity contribution in [2.24, 2.45) is 5.41 Å². The molecule has 4 rings (SSSR count). The van der Waals surface area contributed by atoms with E-state index < -0.39 is 0 Å². The number of carbonyl (C=O) groups excluding carboxylic acids is 1. The van der Waals surface area contributed by atoms with Crippen LogP contribution in [0.4, 0.5) is 5.82 Å². The van der Waals surface area contributed by atoms with Gasteiger partial charge in [-0.2, -0.15) is 5.26 Å². The number of carbonyl (C=O) groups is 1. The van der Waals surface area contributed by atoms with Gasteiger partial charge in [-0.15, -0.1) is 0 Å². The molecule has 2 aliphatic rings. The fourth-order valence-electron chi connectivity index (χ4n) is 4.10. The lowest BCUT2D eigenvalue weighted by molar-refractivity contribution is -0.137. The number of amides is 1. The average molecular weight is 347 g/mol. The molecule has 4 heterocycles. The minimum absolute atomic E-state index is 0.257. The molecule has 0 aromatic carbocycles. The van der Waals surface area contributed by atoms with E-state index in [1.807, 2.05) is 23.1 Å². The molecule has 2 aromatic heterocycles. The van der Waals surface area contributed by atoms with Crippen LogP contribution in [-0.4, -0.2) is 40.4 Å². The van der Waals surface area contributed by atoms with Crippen LogP contribution >= 0.6 is 0 Å². The van der Waals surface area contributed by atoms with Gasteiger partial charge >= 0.3 is 0 Å². The van der Waals surface area contributed by atoms with Crippen LogP contribution in [-0.2, 0) is 11.3 Å². The van der Waals surface area contributed by atoms with Gasteiger partial charge in [0.15, 0.2) is 0 Å². The molecule has 2 saturated heterocycles. The molecule has 2 aromatic rings. The average Bonchev–Trinajstić information content (AvgIpc) is 2.98. The maximum atomic E-state index is 13.2. The zero-order valence-electron chi connectivity index (χ0n) is 14.6. The molecule has 0 saturated carbocycles. The number of hydrogen-bond donors (Lipinski definition) is 0. The summed E-state index contributed by atoms with van der Waals surface area (Å²) in [6, 6.07) is 9.69. The third-order valence-electron chi connectivity index (χ3n) is 5.50. The number of nitriles is 1. The molecular formula is C20H21N5O. The van der Waals surface area contributed by atoms with Crippen molar-refractivity contribution in [3.63, 3.8) is 0 Å². The number of aromatic nitrogens is 2. The summed E-state index contributed by atoms with van der Waals surface area (Å²) in [6.45, 7) is 3.06. The lowest BCUT2D eigenvalue weighted by Crippen LogP contribution is -2.48. The Morgan fingerprint density at radius 1 is 1.15 bits per heavy atom.